The fourth-order valence-electron chi connectivity index (χ4n) is 4.12. The zero-order chi connectivity index (χ0) is 27.4. The maximum absolute atomic E-state index is 13.7. The zero-order valence-corrected chi connectivity index (χ0v) is 21.4. The average molecular weight is 516 g/mol. The summed E-state index contributed by atoms with van der Waals surface area (Å²) >= 11 is 0. The van der Waals surface area contributed by atoms with Crippen LogP contribution >= 0.6 is 0 Å². The van der Waals surface area contributed by atoms with Crippen LogP contribution in [0.1, 0.15) is 40.6 Å². The zero-order valence-electron chi connectivity index (χ0n) is 21.4. The summed E-state index contributed by atoms with van der Waals surface area (Å²) in [5, 5.41) is 4.54. The molecule has 3 aromatic carbocycles. The van der Waals surface area contributed by atoms with Gasteiger partial charge in [0, 0.05) is 34.5 Å². The second-order valence-corrected chi connectivity index (χ2v) is 9.07. The molecule has 2 aromatic heterocycles. The number of hydrogen-bond acceptors (Lipinski definition) is 6. The fourth-order valence-corrected chi connectivity index (χ4v) is 4.12. The number of carbonyl (C=O) groups is 2. The highest BCUT2D eigenvalue weighted by Gasteiger charge is 2.29. The fraction of sp³-hybridized carbons (Fsp3) is 0.0968. The molecule has 0 saturated carbocycles. The van der Waals surface area contributed by atoms with E-state index in [1.807, 2.05) is 44.2 Å². The standard InChI is InChI=1S/C31H25N5O3/c1-21(2)36-27(37)19-18-26(34-36)25-20-32-31(33-28(25)22-12-6-3-7-13-22)35(29(38)23-14-8-4-9-15-23)30(39)24-16-10-5-11-17-24/h3-21H,1-2H3. The third-order valence-corrected chi connectivity index (χ3v) is 6.06. The Morgan fingerprint density at radius 3 is 1.82 bits per heavy atom. The van der Waals surface area contributed by atoms with E-state index in [0.717, 1.165) is 10.5 Å². The van der Waals surface area contributed by atoms with Crippen molar-refractivity contribution < 1.29 is 9.59 Å². The normalized spacial score (nSPS) is 10.8. The molecule has 39 heavy (non-hydrogen) atoms. The predicted molar refractivity (Wildman–Crippen MR) is 149 cm³/mol. The largest absolute Gasteiger partial charge is 0.268 e. The summed E-state index contributed by atoms with van der Waals surface area (Å²) in [5.41, 5.74) is 2.67. The van der Waals surface area contributed by atoms with E-state index in [0.29, 0.717) is 28.1 Å². The van der Waals surface area contributed by atoms with Gasteiger partial charge in [-0.1, -0.05) is 66.7 Å². The van der Waals surface area contributed by atoms with Crippen molar-refractivity contribution in [1.82, 2.24) is 19.7 Å². The molecule has 0 bridgehead atoms. The van der Waals surface area contributed by atoms with Gasteiger partial charge in [0.25, 0.3) is 17.4 Å². The van der Waals surface area contributed by atoms with E-state index in [4.69, 9.17) is 4.98 Å². The minimum absolute atomic E-state index is 0.0718. The number of hydrogen-bond donors (Lipinski definition) is 0. The maximum atomic E-state index is 13.7. The number of benzene rings is 3. The number of imide groups is 1. The predicted octanol–water partition coefficient (Wildman–Crippen LogP) is 5.44. The van der Waals surface area contributed by atoms with E-state index in [-0.39, 0.29) is 17.5 Å². The molecule has 0 spiro atoms. The van der Waals surface area contributed by atoms with Gasteiger partial charge in [-0.3, -0.25) is 14.4 Å². The minimum atomic E-state index is -0.553. The van der Waals surface area contributed by atoms with Crippen LogP contribution in [-0.4, -0.2) is 31.6 Å². The lowest BCUT2D eigenvalue weighted by Gasteiger charge is -2.21. The van der Waals surface area contributed by atoms with Gasteiger partial charge in [-0.05, 0) is 44.2 Å². The highest BCUT2D eigenvalue weighted by atomic mass is 16.2. The maximum Gasteiger partial charge on any atom is 0.267 e. The summed E-state index contributed by atoms with van der Waals surface area (Å²) in [6, 6.07) is 29.3. The third-order valence-electron chi connectivity index (χ3n) is 6.06. The molecule has 8 heteroatoms. The molecule has 0 aliphatic rings. The van der Waals surface area contributed by atoms with Crippen LogP contribution in [0, 0.1) is 0 Å². The van der Waals surface area contributed by atoms with Gasteiger partial charge in [-0.15, -0.1) is 0 Å². The van der Waals surface area contributed by atoms with Crippen molar-refractivity contribution >= 4 is 17.8 Å². The Morgan fingerprint density at radius 2 is 1.28 bits per heavy atom. The topological polar surface area (TPSA) is 98.1 Å². The molecule has 8 nitrogen and oxygen atoms in total. The molecule has 5 aromatic rings. The summed E-state index contributed by atoms with van der Waals surface area (Å²) in [7, 11) is 0. The first-order valence-corrected chi connectivity index (χ1v) is 12.5. The molecular formula is C31H25N5O3. The van der Waals surface area contributed by atoms with E-state index < -0.39 is 11.8 Å². The summed E-state index contributed by atoms with van der Waals surface area (Å²) < 4.78 is 1.39. The summed E-state index contributed by atoms with van der Waals surface area (Å²) in [4.78, 5) is 50.0. The highest BCUT2D eigenvalue weighted by molar-refractivity contribution is 6.25. The molecule has 0 saturated heterocycles. The van der Waals surface area contributed by atoms with Gasteiger partial charge < -0.3 is 0 Å². The van der Waals surface area contributed by atoms with Crippen molar-refractivity contribution in [3.05, 3.63) is 131 Å². The molecule has 192 valence electrons. The van der Waals surface area contributed by atoms with Gasteiger partial charge in [-0.25, -0.2) is 19.5 Å². The second-order valence-electron chi connectivity index (χ2n) is 9.07. The molecular weight excluding hydrogens is 490 g/mol. The van der Waals surface area contributed by atoms with Crippen LogP contribution in [0.25, 0.3) is 22.5 Å². The Labute approximate surface area is 225 Å². The summed E-state index contributed by atoms with van der Waals surface area (Å²) in [5.74, 6) is -1.18. The smallest absolute Gasteiger partial charge is 0.267 e. The SMILES string of the molecule is CC(C)n1nc(-c2cnc(N(C(=O)c3ccccc3)C(=O)c3ccccc3)nc2-c2ccccc2)ccc1=O. The van der Waals surface area contributed by atoms with Crippen molar-refractivity contribution in [3.63, 3.8) is 0 Å². The lowest BCUT2D eigenvalue weighted by atomic mass is 10.0. The van der Waals surface area contributed by atoms with Crippen molar-refractivity contribution in [2.45, 2.75) is 19.9 Å². The van der Waals surface area contributed by atoms with Gasteiger partial charge >= 0.3 is 0 Å². The van der Waals surface area contributed by atoms with Crippen LogP contribution in [0.15, 0.2) is 114 Å². The molecule has 0 fully saturated rings. The lowest BCUT2D eigenvalue weighted by molar-refractivity contribution is 0.0895. The molecule has 2 amide bonds. The number of nitrogens with zero attached hydrogens (tertiary/aromatic N) is 5. The first-order chi connectivity index (χ1) is 18.9. The first-order valence-electron chi connectivity index (χ1n) is 12.5. The monoisotopic (exact) mass is 515 g/mol. The quantitative estimate of drug-likeness (QED) is 0.280. The van der Waals surface area contributed by atoms with E-state index in [1.54, 1.807) is 66.7 Å². The minimum Gasteiger partial charge on any atom is -0.268 e. The number of aromatic nitrogens is 4. The molecule has 5 rings (SSSR count). The van der Waals surface area contributed by atoms with Crippen molar-refractivity contribution in [2.24, 2.45) is 0 Å². The van der Waals surface area contributed by atoms with Crippen LogP contribution in [0.3, 0.4) is 0 Å². The van der Waals surface area contributed by atoms with Gasteiger partial charge in [0.2, 0.25) is 5.95 Å². The van der Waals surface area contributed by atoms with Crippen LogP contribution in [-0.2, 0) is 0 Å². The van der Waals surface area contributed by atoms with Crippen LogP contribution in [0.5, 0.6) is 0 Å². The molecule has 0 aliphatic heterocycles. The average Bonchev–Trinajstić information content (AvgIpc) is 2.98. The lowest BCUT2D eigenvalue weighted by Crippen LogP contribution is -2.38. The number of anilines is 1. The van der Waals surface area contributed by atoms with Gasteiger partial charge in [-0.2, -0.15) is 5.10 Å². The van der Waals surface area contributed by atoms with Crippen molar-refractivity contribution in [2.75, 3.05) is 4.90 Å². The van der Waals surface area contributed by atoms with Gasteiger partial charge in [0.15, 0.2) is 0 Å². The van der Waals surface area contributed by atoms with Crippen LogP contribution < -0.4 is 10.5 Å². The first kappa shape index (κ1) is 25.4. The molecule has 0 atom stereocenters. The van der Waals surface area contributed by atoms with Gasteiger partial charge in [0.05, 0.1) is 17.4 Å². The Kier molecular flexibility index (Phi) is 7.18. The summed E-state index contributed by atoms with van der Waals surface area (Å²) in [6.07, 6.45) is 1.53. The third kappa shape index (κ3) is 5.26. The Hall–Kier alpha value is -5.24. The number of carbonyl (C=O) groups excluding carboxylic acids is 2. The van der Waals surface area contributed by atoms with Crippen LogP contribution in [0.4, 0.5) is 5.95 Å². The summed E-state index contributed by atoms with van der Waals surface area (Å²) in [6.45, 7) is 3.75. The molecule has 0 aliphatic carbocycles. The Bertz CT molecular complexity index is 1630. The van der Waals surface area contributed by atoms with Gasteiger partial charge in [0.1, 0.15) is 0 Å². The molecule has 0 N–H and O–H groups in total. The molecule has 2 heterocycles. The second kappa shape index (κ2) is 11.0. The van der Waals surface area contributed by atoms with E-state index in [9.17, 15) is 14.4 Å². The van der Waals surface area contributed by atoms with E-state index >= 15 is 0 Å². The van der Waals surface area contributed by atoms with Crippen molar-refractivity contribution in [1.29, 1.82) is 0 Å². The Balaban J connectivity index is 1.71. The number of amides is 2. The highest BCUT2D eigenvalue weighted by Crippen LogP contribution is 2.31. The van der Waals surface area contributed by atoms with E-state index in [1.165, 1.54) is 16.9 Å². The van der Waals surface area contributed by atoms with E-state index in [2.05, 4.69) is 10.1 Å². The van der Waals surface area contributed by atoms with Crippen molar-refractivity contribution in [3.8, 4) is 22.5 Å². The molecule has 0 radical (unpaired) electrons. The van der Waals surface area contributed by atoms with Crippen LogP contribution in [0.2, 0.25) is 0 Å². The Morgan fingerprint density at radius 1 is 0.744 bits per heavy atom. The number of rotatable bonds is 6. The molecule has 0 unspecified atom stereocenters.